The number of hydrogen-bond acceptors (Lipinski definition) is 4. The zero-order valence-corrected chi connectivity index (χ0v) is 11.2. The second kappa shape index (κ2) is 6.47. The molecule has 0 aliphatic rings. The maximum absolute atomic E-state index is 10.3. The molecule has 1 N–H and O–H groups in total. The van der Waals surface area contributed by atoms with Crippen LogP contribution < -0.4 is 0 Å². The number of hydrogen-bond donors (Lipinski definition) is 1. The minimum Gasteiger partial charge on any atom is -0.464 e. The first-order valence-corrected chi connectivity index (χ1v) is 4.44. The Kier molecular flexibility index (Phi) is 8.35. The molecule has 0 amide bonds. The van der Waals surface area contributed by atoms with Crippen molar-refractivity contribution in [2.75, 3.05) is 6.61 Å². The molecule has 0 bridgehead atoms. The predicted molar refractivity (Wildman–Crippen MR) is 43.4 cm³/mol. The van der Waals surface area contributed by atoms with Gasteiger partial charge in [0.15, 0.2) is 0 Å². The van der Waals surface area contributed by atoms with Gasteiger partial charge in [0.25, 0.3) is 10.1 Å². The van der Waals surface area contributed by atoms with Crippen molar-refractivity contribution < 1.29 is 22.5 Å². The van der Waals surface area contributed by atoms with Crippen LogP contribution in [0.15, 0.2) is 0 Å². The van der Waals surface area contributed by atoms with E-state index in [0.717, 1.165) is 6.92 Å². The van der Waals surface area contributed by atoms with E-state index in [9.17, 15) is 13.2 Å². The molecule has 12 heavy (non-hydrogen) atoms. The van der Waals surface area contributed by atoms with Crippen LogP contribution in [-0.2, 0) is 19.6 Å². The Balaban J connectivity index is 0. The molecule has 0 heterocycles. The average molecular weight is 221 g/mol. The fourth-order valence-corrected chi connectivity index (χ4v) is 0.561. The summed E-state index contributed by atoms with van der Waals surface area (Å²) < 4.78 is 33.3. The first-order valence-electron chi connectivity index (χ1n) is 2.93. The molecule has 1 radical (unpaired) electrons. The number of ether oxygens (including phenoxy) is 1. The third-order valence-electron chi connectivity index (χ3n) is 1.03. The van der Waals surface area contributed by atoms with Gasteiger partial charge in [0.1, 0.15) is 11.9 Å². The van der Waals surface area contributed by atoms with Gasteiger partial charge in [-0.05, 0) is 6.92 Å². The van der Waals surface area contributed by atoms with Crippen molar-refractivity contribution in [2.24, 2.45) is 0 Å². The van der Waals surface area contributed by atoms with Crippen LogP contribution >= 0.6 is 0 Å². The van der Waals surface area contributed by atoms with Gasteiger partial charge in [-0.1, -0.05) is 0 Å². The van der Waals surface area contributed by atoms with Gasteiger partial charge in [-0.2, -0.15) is 8.42 Å². The molecule has 0 saturated carbocycles. The first kappa shape index (κ1) is 15.5. The molecule has 67 valence electrons. The van der Waals surface area contributed by atoms with Gasteiger partial charge < -0.3 is 4.74 Å². The van der Waals surface area contributed by atoms with E-state index < -0.39 is 21.3 Å². The number of carbonyl (C=O) groups is 1. The van der Waals surface area contributed by atoms with E-state index in [-0.39, 0.29) is 58.0 Å². The standard InChI is InChI=1S/C5H10O5S.K/c1-4(11(7,8)9)3-10-5(2)6;/h4H,3H2,1-2H3,(H,7,8,9);. The molecule has 1 unspecified atom stereocenters. The SMILES string of the molecule is CC(=O)OCC(C)S(=O)(=O)O.[K]. The Bertz CT molecular complexity index is 234. The Labute approximate surface area is 114 Å². The summed E-state index contributed by atoms with van der Waals surface area (Å²) >= 11 is 0. The minimum atomic E-state index is -4.08. The zero-order valence-electron chi connectivity index (χ0n) is 7.27. The van der Waals surface area contributed by atoms with Crippen molar-refractivity contribution in [3.05, 3.63) is 0 Å². The van der Waals surface area contributed by atoms with E-state index in [1.54, 1.807) is 0 Å². The van der Waals surface area contributed by atoms with Crippen LogP contribution in [0.3, 0.4) is 0 Å². The third kappa shape index (κ3) is 7.65. The maximum atomic E-state index is 10.3. The van der Waals surface area contributed by atoms with Crippen LogP contribution in [-0.4, -0.2) is 82.2 Å². The van der Waals surface area contributed by atoms with E-state index in [1.807, 2.05) is 0 Å². The fourth-order valence-electron chi connectivity index (χ4n) is 0.321. The Morgan fingerprint density at radius 2 is 2.00 bits per heavy atom. The normalized spacial score (nSPS) is 12.9. The molecule has 0 aliphatic carbocycles. The topological polar surface area (TPSA) is 80.7 Å². The van der Waals surface area contributed by atoms with Crippen molar-refractivity contribution >= 4 is 67.5 Å². The number of carbonyl (C=O) groups excluding carboxylic acids is 1. The van der Waals surface area contributed by atoms with Gasteiger partial charge in [0.05, 0.1) is 0 Å². The van der Waals surface area contributed by atoms with Gasteiger partial charge in [-0.25, -0.2) is 0 Å². The molecule has 0 aromatic heterocycles. The molecule has 0 aromatic carbocycles. The quantitative estimate of drug-likeness (QED) is 0.393. The molecule has 5 nitrogen and oxygen atoms in total. The minimum absolute atomic E-state index is 0. The smallest absolute Gasteiger partial charge is 0.302 e. The molecule has 0 spiro atoms. The average Bonchev–Trinajstić information content (AvgIpc) is 1.80. The molecule has 0 saturated heterocycles. The molecular formula is C5H10KO5S. The summed E-state index contributed by atoms with van der Waals surface area (Å²) in [7, 11) is -4.08. The summed E-state index contributed by atoms with van der Waals surface area (Å²) in [6.45, 7) is 2.10. The molecular weight excluding hydrogens is 211 g/mol. The number of esters is 1. The number of rotatable bonds is 3. The van der Waals surface area contributed by atoms with E-state index in [1.165, 1.54) is 6.92 Å². The predicted octanol–water partition coefficient (Wildman–Crippen LogP) is -0.555. The van der Waals surface area contributed by atoms with Gasteiger partial charge in [-0.15, -0.1) is 0 Å². The van der Waals surface area contributed by atoms with Crippen LogP contribution in [0.2, 0.25) is 0 Å². The third-order valence-corrected chi connectivity index (χ3v) is 2.18. The summed E-state index contributed by atoms with van der Waals surface area (Å²) in [6, 6.07) is 0. The second-order valence-electron chi connectivity index (χ2n) is 2.13. The van der Waals surface area contributed by atoms with Crippen molar-refractivity contribution in [3.8, 4) is 0 Å². The van der Waals surface area contributed by atoms with Crippen LogP contribution in [0, 0.1) is 0 Å². The summed E-state index contributed by atoms with van der Waals surface area (Å²) in [5.41, 5.74) is 0. The monoisotopic (exact) mass is 221 g/mol. The van der Waals surface area contributed by atoms with E-state index in [4.69, 9.17) is 4.55 Å². The van der Waals surface area contributed by atoms with E-state index in [0.29, 0.717) is 0 Å². The Morgan fingerprint density at radius 1 is 1.58 bits per heavy atom. The van der Waals surface area contributed by atoms with Crippen LogP contribution in [0.5, 0.6) is 0 Å². The van der Waals surface area contributed by atoms with Crippen LogP contribution in [0.4, 0.5) is 0 Å². The van der Waals surface area contributed by atoms with Gasteiger partial charge in [-0.3, -0.25) is 9.35 Å². The van der Waals surface area contributed by atoms with Crippen molar-refractivity contribution in [1.82, 2.24) is 0 Å². The van der Waals surface area contributed by atoms with Gasteiger partial charge in [0, 0.05) is 58.3 Å². The molecule has 7 heteroatoms. The fraction of sp³-hybridized carbons (Fsp3) is 0.800. The van der Waals surface area contributed by atoms with Crippen LogP contribution in [0.1, 0.15) is 13.8 Å². The largest absolute Gasteiger partial charge is 0.464 e. The maximum Gasteiger partial charge on any atom is 0.302 e. The molecule has 0 aliphatic heterocycles. The van der Waals surface area contributed by atoms with Crippen molar-refractivity contribution in [2.45, 2.75) is 19.1 Å². The summed E-state index contributed by atoms with van der Waals surface area (Å²) in [5, 5.41) is -1.06. The first-order chi connectivity index (χ1) is 4.84. The molecule has 0 rings (SSSR count). The Hall–Kier alpha value is 1.02. The van der Waals surface area contributed by atoms with Gasteiger partial charge in [0.2, 0.25) is 0 Å². The Morgan fingerprint density at radius 3 is 2.25 bits per heavy atom. The summed E-state index contributed by atoms with van der Waals surface area (Å²) in [6.07, 6.45) is 0. The summed E-state index contributed by atoms with van der Waals surface area (Å²) in [5.74, 6) is -0.569. The van der Waals surface area contributed by atoms with Gasteiger partial charge >= 0.3 is 5.97 Å². The van der Waals surface area contributed by atoms with E-state index >= 15 is 0 Å². The molecule has 0 fully saturated rings. The van der Waals surface area contributed by atoms with E-state index in [2.05, 4.69) is 4.74 Å². The van der Waals surface area contributed by atoms with Crippen molar-refractivity contribution in [3.63, 3.8) is 0 Å². The molecule has 1 atom stereocenters. The van der Waals surface area contributed by atoms with Crippen molar-refractivity contribution in [1.29, 1.82) is 0 Å². The zero-order chi connectivity index (χ0) is 9.07. The molecule has 0 aromatic rings. The van der Waals surface area contributed by atoms with Crippen LogP contribution in [0.25, 0.3) is 0 Å². The second-order valence-corrected chi connectivity index (χ2v) is 3.96. The summed E-state index contributed by atoms with van der Waals surface area (Å²) in [4.78, 5) is 10.2.